The first kappa shape index (κ1) is 9.45. The lowest BCUT2D eigenvalue weighted by Crippen LogP contribution is -2.35. The van der Waals surface area contributed by atoms with Crippen molar-refractivity contribution >= 4 is 0 Å². The first-order chi connectivity index (χ1) is 5.75. The molecule has 68 valence electrons. The van der Waals surface area contributed by atoms with Crippen LogP contribution in [0.4, 0.5) is 0 Å². The number of rotatable bonds is 3. The van der Waals surface area contributed by atoms with Gasteiger partial charge in [-0.3, -0.25) is 0 Å². The minimum absolute atomic E-state index is 0.0721. The third-order valence-corrected chi connectivity index (χ3v) is 2.03. The normalized spacial score (nSPS) is 27.1. The second kappa shape index (κ2) is 4.40. The molecule has 3 unspecified atom stereocenters. The van der Waals surface area contributed by atoms with Crippen molar-refractivity contribution in [3.63, 3.8) is 0 Å². The molecule has 1 aliphatic rings. The second-order valence-electron chi connectivity index (χ2n) is 2.95. The highest BCUT2D eigenvalue weighted by molar-refractivity contribution is 5.12. The molecule has 0 aromatic heterocycles. The minimum Gasteiger partial charge on any atom is -0.394 e. The molecule has 12 heavy (non-hydrogen) atoms. The fourth-order valence-electron chi connectivity index (χ4n) is 1.25. The topological polar surface area (TPSA) is 60.7 Å². The lowest BCUT2D eigenvalue weighted by Gasteiger charge is -2.23. The van der Waals surface area contributed by atoms with Crippen molar-refractivity contribution < 1.29 is 15.3 Å². The SMILES string of the molecule is OCC(O)C(O)C1C=CC=CC1. The van der Waals surface area contributed by atoms with Gasteiger partial charge in [0.2, 0.25) is 0 Å². The van der Waals surface area contributed by atoms with Gasteiger partial charge >= 0.3 is 0 Å². The molecular formula is C9H14O3. The summed E-state index contributed by atoms with van der Waals surface area (Å²) in [4.78, 5) is 0. The molecule has 3 N–H and O–H groups in total. The molecule has 0 aliphatic heterocycles. The molecule has 0 aromatic rings. The van der Waals surface area contributed by atoms with Crippen molar-refractivity contribution in [2.24, 2.45) is 5.92 Å². The molecule has 0 amide bonds. The summed E-state index contributed by atoms with van der Waals surface area (Å²) in [6.07, 6.45) is 6.31. The van der Waals surface area contributed by atoms with Crippen LogP contribution in [0.3, 0.4) is 0 Å². The quantitative estimate of drug-likeness (QED) is 0.551. The Morgan fingerprint density at radius 3 is 2.58 bits per heavy atom. The number of aliphatic hydroxyl groups is 3. The van der Waals surface area contributed by atoms with E-state index in [0.717, 1.165) is 0 Å². The standard InChI is InChI=1S/C9H14O3/c10-6-8(11)9(12)7-4-2-1-3-5-7/h1-4,7-12H,5-6H2. The van der Waals surface area contributed by atoms with Crippen molar-refractivity contribution in [2.45, 2.75) is 18.6 Å². The average Bonchev–Trinajstić information content (AvgIpc) is 2.17. The Balaban J connectivity index is 2.47. The van der Waals surface area contributed by atoms with Gasteiger partial charge in [0.15, 0.2) is 0 Å². The van der Waals surface area contributed by atoms with Gasteiger partial charge in [-0.25, -0.2) is 0 Å². The Morgan fingerprint density at radius 1 is 1.33 bits per heavy atom. The summed E-state index contributed by atoms with van der Waals surface area (Å²) in [7, 11) is 0. The smallest absolute Gasteiger partial charge is 0.103 e. The van der Waals surface area contributed by atoms with Gasteiger partial charge in [-0.15, -0.1) is 0 Å². The number of allylic oxidation sites excluding steroid dienone is 3. The third kappa shape index (κ3) is 2.17. The van der Waals surface area contributed by atoms with Crippen LogP contribution in [0.15, 0.2) is 24.3 Å². The van der Waals surface area contributed by atoms with Crippen LogP contribution in [-0.4, -0.2) is 34.1 Å². The van der Waals surface area contributed by atoms with Gasteiger partial charge in [0.25, 0.3) is 0 Å². The van der Waals surface area contributed by atoms with Crippen LogP contribution in [0, 0.1) is 5.92 Å². The molecular weight excluding hydrogens is 156 g/mol. The number of hydrogen-bond donors (Lipinski definition) is 3. The van der Waals surface area contributed by atoms with E-state index in [0.29, 0.717) is 6.42 Å². The summed E-state index contributed by atoms with van der Waals surface area (Å²) >= 11 is 0. The van der Waals surface area contributed by atoms with E-state index in [4.69, 9.17) is 10.2 Å². The third-order valence-electron chi connectivity index (χ3n) is 2.03. The highest BCUT2D eigenvalue weighted by atomic mass is 16.4. The fourth-order valence-corrected chi connectivity index (χ4v) is 1.25. The van der Waals surface area contributed by atoms with E-state index in [1.807, 2.05) is 24.3 Å². The van der Waals surface area contributed by atoms with Crippen LogP contribution >= 0.6 is 0 Å². The summed E-state index contributed by atoms with van der Waals surface area (Å²) < 4.78 is 0. The highest BCUT2D eigenvalue weighted by Crippen LogP contribution is 2.17. The molecule has 0 saturated carbocycles. The fraction of sp³-hybridized carbons (Fsp3) is 0.556. The molecule has 0 saturated heterocycles. The largest absolute Gasteiger partial charge is 0.394 e. The first-order valence-corrected chi connectivity index (χ1v) is 4.06. The molecule has 3 heteroatoms. The van der Waals surface area contributed by atoms with Crippen LogP contribution in [0.1, 0.15) is 6.42 Å². The van der Waals surface area contributed by atoms with Gasteiger partial charge in [-0.05, 0) is 6.42 Å². The zero-order chi connectivity index (χ0) is 8.97. The van der Waals surface area contributed by atoms with Crippen molar-refractivity contribution in [1.82, 2.24) is 0 Å². The Hall–Kier alpha value is -0.640. The van der Waals surface area contributed by atoms with Gasteiger partial charge in [-0.1, -0.05) is 24.3 Å². The van der Waals surface area contributed by atoms with Gasteiger partial charge in [0.05, 0.1) is 12.7 Å². The van der Waals surface area contributed by atoms with Crippen LogP contribution in [0.2, 0.25) is 0 Å². The summed E-state index contributed by atoms with van der Waals surface area (Å²) in [6, 6.07) is 0. The van der Waals surface area contributed by atoms with Gasteiger partial charge in [0, 0.05) is 5.92 Å². The van der Waals surface area contributed by atoms with E-state index in [-0.39, 0.29) is 5.92 Å². The maximum absolute atomic E-state index is 9.45. The Labute approximate surface area is 71.7 Å². The van der Waals surface area contributed by atoms with Crippen molar-refractivity contribution in [3.8, 4) is 0 Å². The van der Waals surface area contributed by atoms with E-state index in [1.165, 1.54) is 0 Å². The zero-order valence-electron chi connectivity index (χ0n) is 6.80. The Bertz CT molecular complexity index is 186. The van der Waals surface area contributed by atoms with E-state index >= 15 is 0 Å². The predicted molar refractivity (Wildman–Crippen MR) is 45.5 cm³/mol. The van der Waals surface area contributed by atoms with Gasteiger partial charge < -0.3 is 15.3 Å². The lowest BCUT2D eigenvalue weighted by atomic mass is 9.92. The van der Waals surface area contributed by atoms with Crippen LogP contribution < -0.4 is 0 Å². The molecule has 0 bridgehead atoms. The van der Waals surface area contributed by atoms with E-state index in [1.54, 1.807) is 0 Å². The first-order valence-electron chi connectivity index (χ1n) is 4.06. The number of hydrogen-bond acceptors (Lipinski definition) is 3. The molecule has 0 fully saturated rings. The van der Waals surface area contributed by atoms with E-state index in [9.17, 15) is 5.11 Å². The summed E-state index contributed by atoms with van der Waals surface area (Å²) in [6.45, 7) is -0.394. The highest BCUT2D eigenvalue weighted by Gasteiger charge is 2.23. The lowest BCUT2D eigenvalue weighted by molar-refractivity contribution is -0.0331. The van der Waals surface area contributed by atoms with Crippen molar-refractivity contribution in [2.75, 3.05) is 6.61 Å². The van der Waals surface area contributed by atoms with Crippen LogP contribution in [0.5, 0.6) is 0 Å². The van der Waals surface area contributed by atoms with E-state index < -0.39 is 18.8 Å². The molecule has 1 aliphatic carbocycles. The van der Waals surface area contributed by atoms with Crippen molar-refractivity contribution in [1.29, 1.82) is 0 Å². The minimum atomic E-state index is -1.04. The van der Waals surface area contributed by atoms with Gasteiger partial charge in [0.1, 0.15) is 6.10 Å². The Kier molecular flexibility index (Phi) is 3.47. The average molecular weight is 170 g/mol. The molecule has 0 heterocycles. The van der Waals surface area contributed by atoms with Crippen molar-refractivity contribution in [3.05, 3.63) is 24.3 Å². The molecule has 0 aromatic carbocycles. The summed E-state index contributed by atoms with van der Waals surface area (Å²) in [5, 5.41) is 27.2. The summed E-state index contributed by atoms with van der Waals surface area (Å²) in [5.74, 6) is -0.0721. The monoisotopic (exact) mass is 170 g/mol. The van der Waals surface area contributed by atoms with Crippen LogP contribution in [0.25, 0.3) is 0 Å². The zero-order valence-corrected chi connectivity index (χ0v) is 6.80. The molecule has 3 atom stereocenters. The molecule has 0 radical (unpaired) electrons. The molecule has 3 nitrogen and oxygen atoms in total. The molecule has 0 spiro atoms. The maximum Gasteiger partial charge on any atom is 0.103 e. The van der Waals surface area contributed by atoms with Gasteiger partial charge in [-0.2, -0.15) is 0 Å². The predicted octanol–water partition coefficient (Wildman–Crippen LogP) is -0.167. The Morgan fingerprint density at radius 2 is 2.08 bits per heavy atom. The second-order valence-corrected chi connectivity index (χ2v) is 2.95. The maximum atomic E-state index is 9.45. The number of aliphatic hydroxyl groups excluding tert-OH is 3. The summed E-state index contributed by atoms with van der Waals surface area (Å²) in [5.41, 5.74) is 0. The van der Waals surface area contributed by atoms with E-state index in [2.05, 4.69) is 0 Å². The van der Waals surface area contributed by atoms with Crippen LogP contribution in [-0.2, 0) is 0 Å². The molecule has 1 rings (SSSR count).